The summed E-state index contributed by atoms with van der Waals surface area (Å²) in [6.45, 7) is 5.67. The molecular weight excluding hydrogens is 326 g/mol. The van der Waals surface area contributed by atoms with E-state index >= 15 is 0 Å². The maximum absolute atomic E-state index is 11.4. The van der Waals surface area contributed by atoms with Crippen LogP contribution in [0.4, 0.5) is 0 Å². The molecule has 0 atom stereocenters. The predicted molar refractivity (Wildman–Crippen MR) is 99.5 cm³/mol. The zero-order chi connectivity index (χ0) is 18.7. The molecule has 1 N–H and O–H groups in total. The molecule has 3 aromatic rings. The molecule has 0 saturated carbocycles. The Hall–Kier alpha value is -3.39. The van der Waals surface area contributed by atoms with Gasteiger partial charge in [-0.1, -0.05) is 12.1 Å². The van der Waals surface area contributed by atoms with Crippen LogP contribution in [0.3, 0.4) is 0 Å². The van der Waals surface area contributed by atoms with Crippen molar-refractivity contribution in [3.8, 4) is 17.6 Å². The first-order chi connectivity index (χ1) is 12.4. The van der Waals surface area contributed by atoms with Gasteiger partial charge in [0.2, 0.25) is 0 Å². The summed E-state index contributed by atoms with van der Waals surface area (Å²) in [5, 5.41) is 15.7. The number of H-pyrrole nitrogens is 1. The number of nitrogens with zero attached hydrogens (tertiary/aromatic N) is 2. The summed E-state index contributed by atoms with van der Waals surface area (Å²) in [5.74, 6) is 1.37. The van der Waals surface area contributed by atoms with E-state index in [1.54, 1.807) is 19.1 Å². The van der Waals surface area contributed by atoms with E-state index < -0.39 is 0 Å². The number of hydrogen-bond acceptors (Lipinski definition) is 4. The Morgan fingerprint density at radius 3 is 2.62 bits per heavy atom. The summed E-state index contributed by atoms with van der Waals surface area (Å²) in [4.78, 5) is 11.4. The van der Waals surface area contributed by atoms with E-state index in [2.05, 4.69) is 16.3 Å². The number of nitrogens with one attached hydrogen (secondary N) is 1. The number of ether oxygens (including phenoxy) is 1. The van der Waals surface area contributed by atoms with E-state index in [0.29, 0.717) is 23.3 Å². The second-order valence-electron chi connectivity index (χ2n) is 6.40. The minimum atomic E-state index is -0.172. The van der Waals surface area contributed by atoms with Gasteiger partial charge in [0.25, 0.3) is 5.56 Å². The Kier molecular flexibility index (Phi) is 4.85. The molecule has 130 valence electrons. The maximum Gasteiger partial charge on any atom is 0.267 e. The first-order valence-electron chi connectivity index (χ1n) is 8.29. The number of benzene rings is 2. The van der Waals surface area contributed by atoms with Gasteiger partial charge >= 0.3 is 0 Å². The van der Waals surface area contributed by atoms with Crippen LogP contribution in [-0.2, 0) is 6.42 Å². The average molecular weight is 345 g/mol. The van der Waals surface area contributed by atoms with Crippen LogP contribution < -0.4 is 10.3 Å². The fourth-order valence-electron chi connectivity index (χ4n) is 2.72. The maximum atomic E-state index is 11.4. The van der Waals surface area contributed by atoms with Crippen molar-refractivity contribution in [2.75, 3.05) is 0 Å². The molecule has 0 aliphatic rings. The van der Waals surface area contributed by atoms with Crippen LogP contribution in [0.15, 0.2) is 47.3 Å². The first kappa shape index (κ1) is 17.4. The van der Waals surface area contributed by atoms with Crippen molar-refractivity contribution in [3.63, 3.8) is 0 Å². The van der Waals surface area contributed by atoms with Gasteiger partial charge in [0.1, 0.15) is 11.5 Å². The highest BCUT2D eigenvalue weighted by atomic mass is 16.5. The molecule has 0 unspecified atom stereocenters. The molecule has 0 saturated heterocycles. The second kappa shape index (κ2) is 7.24. The van der Waals surface area contributed by atoms with Crippen molar-refractivity contribution in [1.82, 2.24) is 10.2 Å². The van der Waals surface area contributed by atoms with Gasteiger partial charge in [0.05, 0.1) is 17.3 Å². The lowest BCUT2D eigenvalue weighted by Crippen LogP contribution is -2.12. The summed E-state index contributed by atoms with van der Waals surface area (Å²) >= 11 is 0. The summed E-state index contributed by atoms with van der Waals surface area (Å²) in [7, 11) is 0. The monoisotopic (exact) mass is 345 g/mol. The summed E-state index contributed by atoms with van der Waals surface area (Å²) < 4.78 is 6.02. The molecule has 1 aromatic heterocycles. The topological polar surface area (TPSA) is 78.8 Å². The number of hydrogen-bond donors (Lipinski definition) is 1. The highest BCUT2D eigenvalue weighted by Gasteiger charge is 2.07. The number of rotatable bonds is 4. The van der Waals surface area contributed by atoms with Gasteiger partial charge in [-0.2, -0.15) is 10.4 Å². The predicted octanol–water partition coefficient (Wildman–Crippen LogP) is 3.95. The lowest BCUT2D eigenvalue weighted by Gasteiger charge is -2.12. The van der Waals surface area contributed by atoms with Gasteiger partial charge in [-0.05, 0) is 67.8 Å². The zero-order valence-corrected chi connectivity index (χ0v) is 15.0. The molecule has 5 nitrogen and oxygen atoms in total. The highest BCUT2D eigenvalue weighted by molar-refractivity contribution is 5.45. The van der Waals surface area contributed by atoms with Crippen LogP contribution in [0.5, 0.6) is 11.5 Å². The largest absolute Gasteiger partial charge is 0.457 e. The fourth-order valence-corrected chi connectivity index (χ4v) is 2.72. The summed E-state index contributed by atoms with van der Waals surface area (Å²) in [5.41, 5.74) is 4.83. The zero-order valence-electron chi connectivity index (χ0n) is 15.0. The van der Waals surface area contributed by atoms with E-state index in [0.717, 1.165) is 28.1 Å². The first-order valence-corrected chi connectivity index (χ1v) is 8.29. The van der Waals surface area contributed by atoms with E-state index in [1.807, 2.05) is 44.2 Å². The van der Waals surface area contributed by atoms with Crippen LogP contribution in [0, 0.1) is 32.1 Å². The molecule has 1 heterocycles. The SMILES string of the molecule is Cc1cc(C#N)cc(Oc2cc(Cc3cc(C)c(=O)[nH]n3)ccc2C)c1. The van der Waals surface area contributed by atoms with E-state index in [-0.39, 0.29) is 5.56 Å². The third-order valence-corrected chi connectivity index (χ3v) is 4.09. The smallest absolute Gasteiger partial charge is 0.267 e. The Balaban J connectivity index is 1.88. The van der Waals surface area contributed by atoms with Crippen molar-refractivity contribution < 1.29 is 4.74 Å². The van der Waals surface area contributed by atoms with E-state index in [4.69, 9.17) is 10.00 Å². The molecule has 26 heavy (non-hydrogen) atoms. The Morgan fingerprint density at radius 1 is 1.08 bits per heavy atom. The van der Waals surface area contributed by atoms with Crippen LogP contribution in [0.2, 0.25) is 0 Å². The van der Waals surface area contributed by atoms with E-state index in [9.17, 15) is 4.79 Å². The Labute approximate surface area is 151 Å². The standard InChI is InChI=1S/C21H19N3O2/c1-13-6-17(12-22)10-19(7-13)26-20-11-16(5-4-14(20)2)9-18-8-15(3)21(25)24-23-18/h4-8,10-11H,9H2,1-3H3,(H,24,25). The quantitative estimate of drug-likeness (QED) is 0.776. The van der Waals surface area contributed by atoms with Crippen molar-refractivity contribution in [1.29, 1.82) is 5.26 Å². The molecule has 0 aliphatic carbocycles. The van der Waals surface area contributed by atoms with Crippen LogP contribution in [0.25, 0.3) is 0 Å². The van der Waals surface area contributed by atoms with Gasteiger partial charge in [-0.3, -0.25) is 4.79 Å². The minimum absolute atomic E-state index is 0.172. The van der Waals surface area contributed by atoms with Crippen LogP contribution >= 0.6 is 0 Å². The minimum Gasteiger partial charge on any atom is -0.457 e. The van der Waals surface area contributed by atoms with Gasteiger partial charge in [-0.15, -0.1) is 0 Å². The number of aryl methyl sites for hydroxylation is 3. The van der Waals surface area contributed by atoms with Gasteiger partial charge in [0.15, 0.2) is 0 Å². The Bertz CT molecular complexity index is 1060. The van der Waals surface area contributed by atoms with Crippen LogP contribution in [-0.4, -0.2) is 10.2 Å². The lowest BCUT2D eigenvalue weighted by atomic mass is 10.1. The van der Waals surface area contributed by atoms with Gasteiger partial charge in [-0.25, -0.2) is 5.10 Å². The van der Waals surface area contributed by atoms with Gasteiger partial charge in [0, 0.05) is 12.0 Å². The lowest BCUT2D eigenvalue weighted by molar-refractivity contribution is 0.477. The summed E-state index contributed by atoms with van der Waals surface area (Å²) in [6.07, 6.45) is 0.589. The van der Waals surface area contributed by atoms with Crippen LogP contribution in [0.1, 0.15) is 33.5 Å². The molecule has 0 amide bonds. The fraction of sp³-hybridized carbons (Fsp3) is 0.190. The third-order valence-electron chi connectivity index (χ3n) is 4.09. The molecule has 0 bridgehead atoms. The molecule has 2 aromatic carbocycles. The van der Waals surface area contributed by atoms with E-state index in [1.165, 1.54) is 0 Å². The number of aromatic nitrogens is 2. The molecule has 0 fully saturated rings. The van der Waals surface area contributed by atoms with Crippen molar-refractivity contribution >= 4 is 0 Å². The third kappa shape index (κ3) is 3.98. The number of nitriles is 1. The van der Waals surface area contributed by atoms with Gasteiger partial charge < -0.3 is 4.74 Å². The van der Waals surface area contributed by atoms with Crippen molar-refractivity contribution in [2.24, 2.45) is 0 Å². The highest BCUT2D eigenvalue weighted by Crippen LogP contribution is 2.28. The molecular formula is C21H19N3O2. The van der Waals surface area contributed by atoms with Crippen molar-refractivity contribution in [3.05, 3.63) is 86.3 Å². The molecule has 0 radical (unpaired) electrons. The average Bonchev–Trinajstić information content (AvgIpc) is 2.60. The molecule has 5 heteroatoms. The number of aromatic amines is 1. The molecule has 3 rings (SSSR count). The summed E-state index contributed by atoms with van der Waals surface area (Å²) in [6, 6.07) is 15.4. The van der Waals surface area contributed by atoms with Crippen molar-refractivity contribution in [2.45, 2.75) is 27.2 Å². The molecule has 0 spiro atoms. The normalized spacial score (nSPS) is 10.4. The second-order valence-corrected chi connectivity index (χ2v) is 6.40. The Morgan fingerprint density at radius 2 is 1.88 bits per heavy atom. The molecule has 0 aliphatic heterocycles.